The number of carbonyl (C=O) groups is 3. The minimum atomic E-state index is -1.58. The number of hydroxylamine groups is 2. The van der Waals surface area contributed by atoms with Gasteiger partial charge >= 0.3 is 12.1 Å². The van der Waals surface area contributed by atoms with Crippen LogP contribution in [0.2, 0.25) is 0 Å². The Kier molecular flexibility index (Phi) is 7.85. The van der Waals surface area contributed by atoms with E-state index in [-0.39, 0.29) is 55.7 Å². The highest BCUT2D eigenvalue weighted by molar-refractivity contribution is 5.82. The van der Waals surface area contributed by atoms with Crippen LogP contribution in [0.4, 0.5) is 10.5 Å². The van der Waals surface area contributed by atoms with E-state index in [0.717, 1.165) is 11.5 Å². The Morgan fingerprint density at radius 1 is 1.31 bits per heavy atom. The standard InChI is InChI=1S/C24H29N3O9/c1-14-17-3-2-4-18(14)21-19(17)12-34-13-26(22(21)29)36-23(30)20(28)9-10-25-24(31)35-11-15-5-7-16(8-6-15)27(32)33/h2,4-8,14,17-21,28H,3,9-13H2,1H3,(H,25,31)/t14-,17?,18?,19-,20+,21+/m1/s1. The molecule has 6 atom stereocenters. The van der Waals surface area contributed by atoms with Crippen LogP contribution in [0.5, 0.6) is 0 Å². The molecular weight excluding hydrogens is 474 g/mol. The minimum absolute atomic E-state index is 0.0577. The average molecular weight is 504 g/mol. The molecule has 0 spiro atoms. The first-order valence-electron chi connectivity index (χ1n) is 11.9. The second kappa shape index (κ2) is 11.0. The van der Waals surface area contributed by atoms with Crippen LogP contribution in [0.15, 0.2) is 36.4 Å². The number of benzene rings is 1. The van der Waals surface area contributed by atoms with E-state index >= 15 is 0 Å². The van der Waals surface area contributed by atoms with Crippen molar-refractivity contribution in [2.75, 3.05) is 19.9 Å². The van der Waals surface area contributed by atoms with Crippen LogP contribution in [0.25, 0.3) is 0 Å². The van der Waals surface area contributed by atoms with Gasteiger partial charge in [0.15, 0.2) is 12.8 Å². The molecule has 2 amide bonds. The molecular formula is C24H29N3O9. The maximum atomic E-state index is 13.2. The number of aliphatic hydroxyl groups excluding tert-OH is 1. The zero-order chi connectivity index (χ0) is 25.8. The topological polar surface area (TPSA) is 158 Å². The smallest absolute Gasteiger partial charge is 0.407 e. The molecule has 194 valence electrons. The quantitative estimate of drug-likeness (QED) is 0.307. The summed E-state index contributed by atoms with van der Waals surface area (Å²) in [4.78, 5) is 52.7. The van der Waals surface area contributed by atoms with Gasteiger partial charge < -0.3 is 24.7 Å². The Labute approximate surface area is 207 Å². The van der Waals surface area contributed by atoms with Crippen molar-refractivity contribution in [3.05, 3.63) is 52.1 Å². The van der Waals surface area contributed by atoms with Crippen LogP contribution >= 0.6 is 0 Å². The van der Waals surface area contributed by atoms with Crippen LogP contribution in [-0.2, 0) is 30.5 Å². The lowest BCUT2D eigenvalue weighted by Gasteiger charge is -2.26. The van der Waals surface area contributed by atoms with Crippen molar-refractivity contribution in [1.29, 1.82) is 0 Å². The van der Waals surface area contributed by atoms with Gasteiger partial charge in [-0.05, 0) is 47.8 Å². The lowest BCUT2D eigenvalue weighted by atomic mass is 9.82. The van der Waals surface area contributed by atoms with E-state index in [1.54, 1.807) is 0 Å². The fourth-order valence-corrected chi connectivity index (χ4v) is 5.29. The molecule has 1 saturated heterocycles. The second-order valence-electron chi connectivity index (χ2n) is 9.31. The highest BCUT2D eigenvalue weighted by Gasteiger charge is 2.54. The van der Waals surface area contributed by atoms with Crippen molar-refractivity contribution >= 4 is 23.7 Å². The van der Waals surface area contributed by atoms with Crippen LogP contribution in [0.3, 0.4) is 0 Å². The fourth-order valence-electron chi connectivity index (χ4n) is 5.29. The molecule has 0 aromatic heterocycles. The lowest BCUT2D eigenvalue weighted by molar-refractivity contribution is -0.384. The molecule has 2 N–H and O–H groups in total. The molecule has 1 aromatic carbocycles. The number of nitro benzene ring substituents is 1. The van der Waals surface area contributed by atoms with Gasteiger partial charge in [-0.15, -0.1) is 5.06 Å². The van der Waals surface area contributed by atoms with E-state index in [1.807, 2.05) is 0 Å². The van der Waals surface area contributed by atoms with Gasteiger partial charge in [-0.3, -0.25) is 14.9 Å². The third kappa shape index (κ3) is 5.49. The van der Waals surface area contributed by atoms with Gasteiger partial charge in [0, 0.05) is 25.1 Å². The number of nitrogens with one attached hydrogen (secondary N) is 1. The summed E-state index contributed by atoms with van der Waals surface area (Å²) in [6, 6.07) is 5.54. The molecule has 2 unspecified atom stereocenters. The summed E-state index contributed by atoms with van der Waals surface area (Å²) >= 11 is 0. The average Bonchev–Trinajstić information content (AvgIpc) is 2.99. The zero-order valence-electron chi connectivity index (χ0n) is 19.8. The van der Waals surface area contributed by atoms with Crippen molar-refractivity contribution in [1.82, 2.24) is 10.4 Å². The van der Waals surface area contributed by atoms with Gasteiger partial charge in [0.1, 0.15) is 6.61 Å². The molecule has 12 nitrogen and oxygen atoms in total. The number of hydrogen-bond acceptors (Lipinski definition) is 9. The van der Waals surface area contributed by atoms with Gasteiger partial charge in [-0.2, -0.15) is 0 Å². The van der Waals surface area contributed by atoms with Gasteiger partial charge in [-0.1, -0.05) is 19.1 Å². The zero-order valence-corrected chi connectivity index (χ0v) is 19.8. The second-order valence-corrected chi connectivity index (χ2v) is 9.31. The number of hydrogen-bond donors (Lipinski definition) is 2. The predicted molar refractivity (Wildman–Crippen MR) is 123 cm³/mol. The van der Waals surface area contributed by atoms with Crippen molar-refractivity contribution < 1.29 is 38.7 Å². The number of allylic oxidation sites excluding steroid dienone is 2. The Morgan fingerprint density at radius 3 is 2.78 bits per heavy atom. The lowest BCUT2D eigenvalue weighted by Crippen LogP contribution is -2.42. The molecule has 0 radical (unpaired) electrons. The maximum absolute atomic E-state index is 13.2. The molecule has 2 aliphatic carbocycles. The summed E-state index contributed by atoms with van der Waals surface area (Å²) in [5.74, 6) is -0.861. The number of nitrogens with zero attached hydrogens (tertiary/aromatic N) is 2. The molecule has 3 aliphatic rings. The predicted octanol–water partition coefficient (Wildman–Crippen LogP) is 1.92. The van der Waals surface area contributed by atoms with E-state index in [9.17, 15) is 29.6 Å². The van der Waals surface area contributed by atoms with Crippen LogP contribution in [0.1, 0.15) is 25.3 Å². The van der Waals surface area contributed by atoms with E-state index in [0.29, 0.717) is 24.0 Å². The largest absolute Gasteiger partial charge is 0.445 e. The molecule has 12 heteroatoms. The Bertz CT molecular complexity index is 1030. The third-order valence-electron chi connectivity index (χ3n) is 7.20. The number of carbonyl (C=O) groups excluding carboxylic acids is 3. The number of nitro groups is 1. The molecule has 2 fully saturated rings. The third-order valence-corrected chi connectivity index (χ3v) is 7.20. The number of fused-ring (bicyclic) bond motifs is 5. The summed E-state index contributed by atoms with van der Waals surface area (Å²) < 4.78 is 10.6. The summed E-state index contributed by atoms with van der Waals surface area (Å²) in [5, 5.41) is 24.1. The van der Waals surface area contributed by atoms with E-state index in [2.05, 4.69) is 24.4 Å². The first-order chi connectivity index (χ1) is 17.3. The first kappa shape index (κ1) is 25.6. The SMILES string of the molecule is C[C@@H]1C2CC=CC1[C@@H]1C(=O)N(OC(=O)[C@@H](O)CCNC(=O)OCc3ccc([N+](=O)[O-])cc3)COC[C@H]21. The van der Waals surface area contributed by atoms with Gasteiger partial charge in [0.05, 0.1) is 17.4 Å². The number of non-ortho nitro benzene ring substituents is 1. The van der Waals surface area contributed by atoms with Crippen molar-refractivity contribution in [3.8, 4) is 0 Å². The molecule has 1 aromatic rings. The highest BCUT2D eigenvalue weighted by atomic mass is 16.7. The monoisotopic (exact) mass is 503 g/mol. The van der Waals surface area contributed by atoms with Crippen molar-refractivity contribution in [2.45, 2.75) is 32.5 Å². The molecule has 1 heterocycles. The molecule has 1 saturated carbocycles. The Balaban J connectivity index is 1.20. The molecule has 1 aliphatic heterocycles. The number of aliphatic hydroxyl groups is 1. The molecule has 36 heavy (non-hydrogen) atoms. The molecule has 2 bridgehead atoms. The maximum Gasteiger partial charge on any atom is 0.407 e. The van der Waals surface area contributed by atoms with Crippen LogP contribution < -0.4 is 5.32 Å². The first-order valence-corrected chi connectivity index (χ1v) is 11.9. The normalized spacial score (nSPS) is 27.6. The van der Waals surface area contributed by atoms with E-state index in [1.165, 1.54) is 24.3 Å². The summed E-state index contributed by atoms with van der Waals surface area (Å²) in [6.45, 7) is 2.14. The number of amides is 2. The van der Waals surface area contributed by atoms with Crippen LogP contribution in [0, 0.1) is 39.7 Å². The van der Waals surface area contributed by atoms with E-state index in [4.69, 9.17) is 14.3 Å². The summed E-state index contributed by atoms with van der Waals surface area (Å²) in [5.41, 5.74) is 0.483. The fraction of sp³-hybridized carbons (Fsp3) is 0.542. The molecule has 4 rings (SSSR count). The summed E-state index contributed by atoms with van der Waals surface area (Å²) in [7, 11) is 0. The number of rotatable bonds is 8. The highest BCUT2D eigenvalue weighted by Crippen LogP contribution is 2.52. The minimum Gasteiger partial charge on any atom is -0.445 e. The Hall–Kier alpha value is -3.51. The number of alkyl carbamates (subject to hydrolysis) is 1. The van der Waals surface area contributed by atoms with Gasteiger partial charge in [0.2, 0.25) is 0 Å². The van der Waals surface area contributed by atoms with Gasteiger partial charge in [0.25, 0.3) is 11.6 Å². The van der Waals surface area contributed by atoms with Crippen molar-refractivity contribution in [3.63, 3.8) is 0 Å². The van der Waals surface area contributed by atoms with Crippen molar-refractivity contribution in [2.24, 2.45) is 29.6 Å². The number of ether oxygens (including phenoxy) is 2. The van der Waals surface area contributed by atoms with E-state index < -0.39 is 23.1 Å². The summed E-state index contributed by atoms with van der Waals surface area (Å²) in [6.07, 6.45) is 2.54. The van der Waals surface area contributed by atoms with Crippen LogP contribution in [-0.4, -0.2) is 59.0 Å². The van der Waals surface area contributed by atoms with Gasteiger partial charge in [-0.25, -0.2) is 9.59 Å². The Morgan fingerprint density at radius 2 is 2.06 bits per heavy atom.